The molecule has 4 heteroatoms. The van der Waals surface area contributed by atoms with Gasteiger partial charge in [0.15, 0.2) is 0 Å². The van der Waals surface area contributed by atoms with Gasteiger partial charge >= 0.3 is 0 Å². The summed E-state index contributed by atoms with van der Waals surface area (Å²) in [5, 5.41) is 33.2. The lowest BCUT2D eigenvalue weighted by molar-refractivity contribution is -0.192. The van der Waals surface area contributed by atoms with Gasteiger partial charge in [-0.2, -0.15) is 0 Å². The van der Waals surface area contributed by atoms with E-state index in [-0.39, 0.29) is 27.6 Å². The predicted octanol–water partition coefficient (Wildman–Crippen LogP) is 5.68. The summed E-state index contributed by atoms with van der Waals surface area (Å²) in [5.74, 6) is 1.76. The molecule has 0 bridgehead atoms. The summed E-state index contributed by atoms with van der Waals surface area (Å²) in [6.07, 6.45) is 10.3. The van der Waals surface area contributed by atoms with Gasteiger partial charge in [-0.1, -0.05) is 46.8 Å². The van der Waals surface area contributed by atoms with Crippen LogP contribution in [-0.4, -0.2) is 38.4 Å². The maximum atomic E-state index is 12.8. The highest BCUT2D eigenvalue weighted by Crippen LogP contribution is 2.74. The van der Waals surface area contributed by atoms with Crippen LogP contribution in [0.3, 0.4) is 0 Å². The van der Waals surface area contributed by atoms with E-state index in [4.69, 9.17) is 0 Å². The third-order valence-electron chi connectivity index (χ3n) is 11.9. The van der Waals surface area contributed by atoms with E-state index in [1.165, 1.54) is 0 Å². The van der Waals surface area contributed by atoms with Gasteiger partial charge in [0.1, 0.15) is 5.78 Å². The molecule has 0 spiro atoms. The number of aliphatic hydroxyl groups excluding tert-OH is 1. The number of Topliss-reactive ketones (excluding diaryl/α,β-unsaturated/α-hetero) is 1. The van der Waals surface area contributed by atoms with E-state index in [0.717, 1.165) is 38.5 Å². The van der Waals surface area contributed by atoms with Crippen molar-refractivity contribution in [1.82, 2.24) is 0 Å². The number of fused-ring (bicyclic) bond motifs is 5. The van der Waals surface area contributed by atoms with Crippen molar-refractivity contribution in [2.24, 2.45) is 45.3 Å². The topological polar surface area (TPSA) is 77.8 Å². The molecule has 0 aromatic heterocycles. The zero-order valence-electron chi connectivity index (χ0n) is 22.9. The molecule has 0 radical (unpaired) electrons. The molecule has 0 aliphatic heterocycles. The molecule has 0 unspecified atom stereocenters. The van der Waals surface area contributed by atoms with Gasteiger partial charge in [-0.15, -0.1) is 0 Å². The van der Waals surface area contributed by atoms with E-state index in [9.17, 15) is 20.1 Å². The highest BCUT2D eigenvalue weighted by atomic mass is 16.3. The molecule has 4 saturated carbocycles. The summed E-state index contributed by atoms with van der Waals surface area (Å²) in [7, 11) is 0. The Bertz CT molecular complexity index is 850. The largest absolute Gasteiger partial charge is 0.393 e. The van der Waals surface area contributed by atoms with Crippen molar-refractivity contribution in [2.45, 2.75) is 124 Å². The minimum atomic E-state index is -1.04. The van der Waals surface area contributed by atoms with E-state index < -0.39 is 17.3 Å². The molecule has 4 fully saturated rings. The Balaban J connectivity index is 1.65. The van der Waals surface area contributed by atoms with Gasteiger partial charge in [0.25, 0.3) is 0 Å². The normalized spacial score (nSPS) is 48.2. The van der Waals surface area contributed by atoms with E-state index in [2.05, 4.69) is 34.6 Å². The zero-order chi connectivity index (χ0) is 25.5. The monoisotopic (exact) mass is 474 g/mol. The van der Waals surface area contributed by atoms with Crippen LogP contribution in [0.2, 0.25) is 0 Å². The minimum absolute atomic E-state index is 0.0382. The average Bonchev–Trinajstić information content (AvgIpc) is 2.89. The molecule has 4 rings (SSSR count). The number of aliphatic hydroxyl groups is 3. The van der Waals surface area contributed by atoms with E-state index in [1.54, 1.807) is 19.9 Å². The number of carbonyl (C=O) groups is 1. The Morgan fingerprint density at radius 2 is 1.59 bits per heavy atom. The Kier molecular flexibility index (Phi) is 6.12. The summed E-state index contributed by atoms with van der Waals surface area (Å²) >= 11 is 0. The summed E-state index contributed by atoms with van der Waals surface area (Å²) in [4.78, 5) is 12.8. The molecule has 0 aromatic carbocycles. The summed E-state index contributed by atoms with van der Waals surface area (Å²) in [5.41, 5.74) is -2.21. The fourth-order valence-corrected chi connectivity index (χ4v) is 10.2. The third-order valence-corrected chi connectivity index (χ3v) is 11.9. The van der Waals surface area contributed by atoms with Gasteiger partial charge in [0.05, 0.1) is 17.3 Å². The van der Waals surface area contributed by atoms with Crippen molar-refractivity contribution in [3.05, 3.63) is 12.2 Å². The molecular weight excluding hydrogens is 424 g/mol. The van der Waals surface area contributed by atoms with Crippen LogP contribution < -0.4 is 0 Å². The quantitative estimate of drug-likeness (QED) is 0.458. The van der Waals surface area contributed by atoms with Crippen molar-refractivity contribution in [3.63, 3.8) is 0 Å². The Morgan fingerprint density at radius 1 is 0.941 bits per heavy atom. The van der Waals surface area contributed by atoms with Gasteiger partial charge in [-0.05, 0) is 99.7 Å². The SMILES string of the molecule is CC(C)(O)/C=C/C[C@@](C)(O)[C@H]1[C@@H](O)C[C@]2(C)[C@@H]3CC[C@H]4C(C)(C)C(=O)CC[C@@]4(C)[C@H]3CC[C@@]12C. The van der Waals surface area contributed by atoms with Gasteiger partial charge in [-0.3, -0.25) is 4.79 Å². The average molecular weight is 475 g/mol. The van der Waals surface area contributed by atoms with Crippen LogP contribution in [0.15, 0.2) is 12.2 Å². The van der Waals surface area contributed by atoms with Crippen molar-refractivity contribution >= 4 is 5.78 Å². The first-order valence-electron chi connectivity index (χ1n) is 13.7. The van der Waals surface area contributed by atoms with E-state index in [0.29, 0.717) is 36.4 Å². The molecule has 4 aliphatic carbocycles. The number of hydrogen-bond donors (Lipinski definition) is 3. The fraction of sp³-hybridized carbons (Fsp3) is 0.900. The van der Waals surface area contributed by atoms with Gasteiger partial charge in [0, 0.05) is 17.8 Å². The van der Waals surface area contributed by atoms with Crippen molar-refractivity contribution in [3.8, 4) is 0 Å². The van der Waals surface area contributed by atoms with Crippen LogP contribution in [0, 0.1) is 45.3 Å². The van der Waals surface area contributed by atoms with Crippen LogP contribution in [0.25, 0.3) is 0 Å². The first kappa shape index (κ1) is 26.4. The molecule has 34 heavy (non-hydrogen) atoms. The number of rotatable bonds is 4. The smallest absolute Gasteiger partial charge is 0.138 e. The van der Waals surface area contributed by atoms with Crippen molar-refractivity contribution in [2.75, 3.05) is 0 Å². The standard InChI is InChI=1S/C30H50O4/c1-25(2,33)14-9-15-30(8,34)24-21(31)18-29(7)20-10-11-22-26(3,4)23(32)13-16-27(22,5)19(20)12-17-28(24,29)6/h9,14,19-22,24,31,33-34H,10-13,15-18H2,1-8H3/b14-9+/t19-,20+,21-,22-,24-,27-,28-,29+,30+/m0/s1. The van der Waals surface area contributed by atoms with Gasteiger partial charge in [0.2, 0.25) is 0 Å². The maximum absolute atomic E-state index is 12.8. The molecule has 4 aliphatic rings. The minimum Gasteiger partial charge on any atom is -0.393 e. The Hall–Kier alpha value is -0.710. The first-order valence-corrected chi connectivity index (χ1v) is 13.7. The number of carbonyl (C=O) groups excluding carboxylic acids is 1. The second-order valence-corrected chi connectivity index (χ2v) is 14.7. The molecule has 0 amide bonds. The van der Waals surface area contributed by atoms with Crippen LogP contribution in [-0.2, 0) is 4.79 Å². The van der Waals surface area contributed by atoms with E-state index >= 15 is 0 Å². The first-order chi connectivity index (χ1) is 15.4. The molecule has 3 N–H and O–H groups in total. The molecule has 0 heterocycles. The molecule has 194 valence electrons. The van der Waals surface area contributed by atoms with Crippen LogP contribution >= 0.6 is 0 Å². The highest BCUT2D eigenvalue weighted by molar-refractivity contribution is 5.85. The second-order valence-electron chi connectivity index (χ2n) is 14.7. The molecule has 0 saturated heterocycles. The maximum Gasteiger partial charge on any atom is 0.138 e. The van der Waals surface area contributed by atoms with Crippen LogP contribution in [0.1, 0.15) is 107 Å². The lowest BCUT2D eigenvalue weighted by Crippen LogP contribution is -2.61. The molecule has 0 aromatic rings. The Morgan fingerprint density at radius 3 is 2.21 bits per heavy atom. The van der Waals surface area contributed by atoms with Crippen LogP contribution in [0.4, 0.5) is 0 Å². The summed E-state index contributed by atoms with van der Waals surface area (Å²) in [6, 6.07) is 0. The lowest BCUT2D eigenvalue weighted by Gasteiger charge is -2.66. The highest BCUT2D eigenvalue weighted by Gasteiger charge is 2.70. The third kappa shape index (κ3) is 3.68. The molecular formula is C30H50O4. The predicted molar refractivity (Wildman–Crippen MR) is 136 cm³/mol. The number of hydrogen-bond acceptors (Lipinski definition) is 4. The zero-order valence-corrected chi connectivity index (χ0v) is 22.9. The molecule has 4 nitrogen and oxygen atoms in total. The van der Waals surface area contributed by atoms with Crippen molar-refractivity contribution in [1.29, 1.82) is 0 Å². The summed E-state index contributed by atoms with van der Waals surface area (Å²) in [6.45, 7) is 16.9. The Labute approximate surface area is 207 Å². The lowest BCUT2D eigenvalue weighted by atomic mass is 9.38. The fourth-order valence-electron chi connectivity index (χ4n) is 10.2. The van der Waals surface area contributed by atoms with Gasteiger partial charge < -0.3 is 15.3 Å². The van der Waals surface area contributed by atoms with Crippen molar-refractivity contribution < 1.29 is 20.1 Å². The van der Waals surface area contributed by atoms with Gasteiger partial charge in [-0.25, -0.2) is 0 Å². The number of ketones is 1. The summed E-state index contributed by atoms with van der Waals surface area (Å²) < 4.78 is 0. The van der Waals surface area contributed by atoms with E-state index in [1.807, 2.05) is 13.0 Å². The molecule has 9 atom stereocenters. The second kappa shape index (κ2) is 7.89. The van der Waals surface area contributed by atoms with Crippen LogP contribution in [0.5, 0.6) is 0 Å².